The lowest BCUT2D eigenvalue weighted by Crippen LogP contribution is -2.43. The number of ether oxygens (including phenoxy) is 1. The van der Waals surface area contributed by atoms with E-state index in [2.05, 4.69) is 21.8 Å². The number of unbranched alkanes of at least 4 members (excludes halogenated alkanes) is 3. The molecule has 0 radical (unpaired) electrons. The van der Waals surface area contributed by atoms with Crippen LogP contribution in [0.4, 0.5) is 0 Å². The third kappa shape index (κ3) is 10.1. The van der Waals surface area contributed by atoms with E-state index >= 15 is 0 Å². The molecular weight excluding hydrogens is 467 g/mol. The molecule has 0 spiro atoms. The molecule has 1 heterocycles. The largest absolute Gasteiger partial charge is 0.379 e. The normalized spacial score (nSPS) is 16.0. The second-order valence-corrected chi connectivity index (χ2v) is 8.21. The molecule has 9 heteroatoms. The van der Waals surface area contributed by atoms with Gasteiger partial charge in [-0.2, -0.15) is 4.31 Å². The van der Waals surface area contributed by atoms with Crippen LogP contribution in [-0.2, 0) is 14.8 Å². The van der Waals surface area contributed by atoms with E-state index in [1.165, 1.54) is 4.31 Å². The van der Waals surface area contributed by atoms with Crippen molar-refractivity contribution in [2.75, 3.05) is 58.7 Å². The fraction of sp³-hybridized carbons (Fsp3) is 0.824. The highest BCUT2D eigenvalue weighted by Crippen LogP contribution is 2.06. The van der Waals surface area contributed by atoms with Gasteiger partial charge in [0.2, 0.25) is 10.0 Å². The minimum absolute atomic E-state index is 0. The SMILES string of the molecule is C=CCCCCCN(C)C(=NCCS(=O)(=O)N1CCOCC1)NCC.I. The Morgan fingerprint density at radius 3 is 2.62 bits per heavy atom. The Morgan fingerprint density at radius 2 is 2.00 bits per heavy atom. The number of allylic oxidation sites excluding steroid dienone is 1. The molecule has 0 atom stereocenters. The maximum absolute atomic E-state index is 12.3. The standard InChI is InChI=1S/C17H34N4O3S.HI/c1-4-6-7-8-9-11-20(3)17(18-5-2)19-10-16-25(22,23)21-12-14-24-15-13-21;/h4H,1,5-16H2,2-3H3,(H,18,19);1H. The molecule has 0 aromatic rings. The van der Waals surface area contributed by atoms with E-state index in [-0.39, 0.29) is 36.3 Å². The zero-order valence-electron chi connectivity index (χ0n) is 16.2. The maximum atomic E-state index is 12.3. The lowest BCUT2D eigenvalue weighted by atomic mass is 10.2. The second kappa shape index (κ2) is 14.6. The van der Waals surface area contributed by atoms with Crippen LogP contribution in [0, 0.1) is 0 Å². The van der Waals surface area contributed by atoms with Gasteiger partial charge in [0.05, 0.1) is 25.5 Å². The Morgan fingerprint density at radius 1 is 1.31 bits per heavy atom. The minimum atomic E-state index is -3.26. The van der Waals surface area contributed by atoms with Crippen molar-refractivity contribution in [2.24, 2.45) is 4.99 Å². The van der Waals surface area contributed by atoms with Crippen LogP contribution >= 0.6 is 24.0 Å². The van der Waals surface area contributed by atoms with E-state index in [9.17, 15) is 8.42 Å². The van der Waals surface area contributed by atoms with Crippen LogP contribution in [0.1, 0.15) is 32.6 Å². The summed E-state index contributed by atoms with van der Waals surface area (Å²) < 4.78 is 31.4. The number of halogens is 1. The quantitative estimate of drug-likeness (QED) is 0.154. The van der Waals surface area contributed by atoms with Gasteiger partial charge in [-0.15, -0.1) is 30.6 Å². The Bertz CT molecular complexity index is 508. The van der Waals surface area contributed by atoms with Crippen molar-refractivity contribution in [3.05, 3.63) is 12.7 Å². The van der Waals surface area contributed by atoms with Gasteiger partial charge in [-0.05, 0) is 26.2 Å². The minimum Gasteiger partial charge on any atom is -0.379 e. The van der Waals surface area contributed by atoms with Gasteiger partial charge in [0.15, 0.2) is 5.96 Å². The molecule has 0 bridgehead atoms. The number of sulfonamides is 1. The maximum Gasteiger partial charge on any atom is 0.216 e. The monoisotopic (exact) mass is 502 g/mol. The predicted molar refractivity (Wildman–Crippen MR) is 119 cm³/mol. The Hall–Kier alpha value is -0.390. The molecule has 0 aromatic carbocycles. The van der Waals surface area contributed by atoms with Crippen molar-refractivity contribution in [2.45, 2.75) is 32.6 Å². The molecule has 7 nitrogen and oxygen atoms in total. The van der Waals surface area contributed by atoms with Gasteiger partial charge in [0, 0.05) is 33.2 Å². The topological polar surface area (TPSA) is 74.2 Å². The highest BCUT2D eigenvalue weighted by Gasteiger charge is 2.23. The van der Waals surface area contributed by atoms with E-state index in [1.54, 1.807) is 0 Å². The molecule has 0 amide bonds. The summed E-state index contributed by atoms with van der Waals surface area (Å²) in [7, 11) is -1.26. The fourth-order valence-electron chi connectivity index (χ4n) is 2.61. The van der Waals surface area contributed by atoms with Gasteiger partial charge < -0.3 is 15.0 Å². The molecule has 0 unspecified atom stereocenters. The van der Waals surface area contributed by atoms with Crippen LogP contribution in [0.5, 0.6) is 0 Å². The molecule has 0 saturated carbocycles. The number of nitrogens with one attached hydrogen (secondary N) is 1. The number of rotatable bonds is 11. The summed E-state index contributed by atoms with van der Waals surface area (Å²) in [5.41, 5.74) is 0. The Labute approximate surface area is 176 Å². The summed E-state index contributed by atoms with van der Waals surface area (Å²) >= 11 is 0. The van der Waals surface area contributed by atoms with Gasteiger partial charge in [-0.3, -0.25) is 4.99 Å². The molecule has 1 aliphatic heterocycles. The summed E-state index contributed by atoms with van der Waals surface area (Å²) in [6.45, 7) is 9.50. The van der Waals surface area contributed by atoms with E-state index in [1.807, 2.05) is 20.0 Å². The first kappa shape index (κ1) is 25.6. The van der Waals surface area contributed by atoms with Crippen molar-refractivity contribution in [3.63, 3.8) is 0 Å². The molecule has 154 valence electrons. The fourth-order valence-corrected chi connectivity index (χ4v) is 3.90. The van der Waals surface area contributed by atoms with Gasteiger partial charge in [-0.25, -0.2) is 8.42 Å². The second-order valence-electron chi connectivity index (χ2n) is 6.12. The Kier molecular flexibility index (Phi) is 14.4. The van der Waals surface area contributed by atoms with E-state index < -0.39 is 10.0 Å². The number of guanidine groups is 1. The summed E-state index contributed by atoms with van der Waals surface area (Å²) in [5, 5.41) is 3.23. The highest BCUT2D eigenvalue weighted by atomic mass is 127. The first-order valence-corrected chi connectivity index (χ1v) is 10.8. The number of aliphatic imine (C=N–C) groups is 1. The van der Waals surface area contributed by atoms with Crippen LogP contribution < -0.4 is 5.32 Å². The van der Waals surface area contributed by atoms with Gasteiger partial charge >= 0.3 is 0 Å². The molecule has 1 N–H and O–H groups in total. The molecule has 0 aromatic heterocycles. The van der Waals surface area contributed by atoms with Gasteiger partial charge in [0.25, 0.3) is 0 Å². The first-order valence-electron chi connectivity index (χ1n) is 9.17. The third-order valence-electron chi connectivity index (χ3n) is 4.07. The predicted octanol–water partition coefficient (Wildman–Crippen LogP) is 1.91. The third-order valence-corrected chi connectivity index (χ3v) is 5.92. The summed E-state index contributed by atoms with van der Waals surface area (Å²) in [6.07, 6.45) is 6.40. The van der Waals surface area contributed by atoms with Crippen LogP contribution in [0.25, 0.3) is 0 Å². The van der Waals surface area contributed by atoms with Crippen molar-refractivity contribution >= 4 is 40.0 Å². The summed E-state index contributed by atoms with van der Waals surface area (Å²) in [4.78, 5) is 6.55. The summed E-state index contributed by atoms with van der Waals surface area (Å²) in [5.74, 6) is 0.804. The number of hydrogen-bond acceptors (Lipinski definition) is 4. The molecule has 26 heavy (non-hydrogen) atoms. The van der Waals surface area contributed by atoms with E-state index in [4.69, 9.17) is 4.74 Å². The van der Waals surface area contributed by atoms with Gasteiger partial charge in [-0.1, -0.05) is 12.5 Å². The van der Waals surface area contributed by atoms with Crippen LogP contribution in [-0.4, -0.2) is 82.3 Å². The van der Waals surface area contributed by atoms with Crippen LogP contribution in [0.15, 0.2) is 17.6 Å². The molecule has 0 aliphatic carbocycles. The average Bonchev–Trinajstić information content (AvgIpc) is 2.61. The molecule has 1 fully saturated rings. The lowest BCUT2D eigenvalue weighted by Gasteiger charge is -2.26. The first-order chi connectivity index (χ1) is 12.0. The molecular formula is C17H35IN4O3S. The van der Waals surface area contributed by atoms with E-state index in [0.717, 1.165) is 44.7 Å². The zero-order chi connectivity index (χ0) is 18.5. The van der Waals surface area contributed by atoms with Crippen LogP contribution in [0.3, 0.4) is 0 Å². The smallest absolute Gasteiger partial charge is 0.216 e. The molecule has 1 saturated heterocycles. The number of morpholine rings is 1. The molecule has 1 rings (SSSR count). The van der Waals surface area contributed by atoms with E-state index in [0.29, 0.717) is 26.3 Å². The van der Waals surface area contributed by atoms with Crippen molar-refractivity contribution in [1.29, 1.82) is 0 Å². The molecule has 1 aliphatic rings. The van der Waals surface area contributed by atoms with Crippen LogP contribution in [0.2, 0.25) is 0 Å². The highest BCUT2D eigenvalue weighted by molar-refractivity contribution is 14.0. The lowest BCUT2D eigenvalue weighted by molar-refractivity contribution is 0.0731. The summed E-state index contributed by atoms with van der Waals surface area (Å²) in [6, 6.07) is 0. The zero-order valence-corrected chi connectivity index (χ0v) is 19.3. The van der Waals surface area contributed by atoms with Crippen molar-refractivity contribution in [1.82, 2.24) is 14.5 Å². The van der Waals surface area contributed by atoms with Crippen molar-refractivity contribution < 1.29 is 13.2 Å². The average molecular weight is 502 g/mol. The van der Waals surface area contributed by atoms with Gasteiger partial charge in [0.1, 0.15) is 0 Å². The van der Waals surface area contributed by atoms with Crippen molar-refractivity contribution in [3.8, 4) is 0 Å². The Balaban J connectivity index is 0.00000625. The number of hydrogen-bond donors (Lipinski definition) is 1. The number of nitrogens with zero attached hydrogens (tertiary/aromatic N) is 3.